The van der Waals surface area contributed by atoms with Gasteiger partial charge in [-0.15, -0.1) is 0 Å². The summed E-state index contributed by atoms with van der Waals surface area (Å²) in [6.07, 6.45) is 3.16. The number of carbonyl (C=O) groups is 1. The van der Waals surface area contributed by atoms with Crippen LogP contribution in [0.15, 0.2) is 41.5 Å². The number of anilines is 2. The molecule has 0 radical (unpaired) electrons. The lowest BCUT2D eigenvalue weighted by molar-refractivity contribution is -0.132. The van der Waals surface area contributed by atoms with Crippen LogP contribution in [-0.2, 0) is 20.7 Å². The number of aliphatic imine (C=N–C) groups is 1. The van der Waals surface area contributed by atoms with Crippen LogP contribution in [0.25, 0.3) is 0 Å². The Hall–Kier alpha value is -2.71. The van der Waals surface area contributed by atoms with Crippen molar-refractivity contribution < 1.29 is 13.9 Å². The first-order valence-electron chi connectivity index (χ1n) is 11.1. The molecule has 1 saturated heterocycles. The van der Waals surface area contributed by atoms with E-state index in [-0.39, 0.29) is 30.0 Å². The molecular formula is C24H29ClFN5O2. The Morgan fingerprint density at radius 1 is 1.24 bits per heavy atom. The third-order valence-corrected chi connectivity index (χ3v) is 6.55. The van der Waals surface area contributed by atoms with Crippen LogP contribution in [0.1, 0.15) is 51.3 Å². The van der Waals surface area contributed by atoms with Gasteiger partial charge in [-0.3, -0.25) is 14.7 Å². The average Bonchev–Trinajstić information content (AvgIpc) is 2.75. The summed E-state index contributed by atoms with van der Waals surface area (Å²) in [6.45, 7) is 5.96. The summed E-state index contributed by atoms with van der Waals surface area (Å²) in [5.74, 6) is 0.115. The molecule has 0 bridgehead atoms. The van der Waals surface area contributed by atoms with Crippen LogP contribution in [0.2, 0.25) is 5.02 Å². The lowest BCUT2D eigenvalue weighted by Gasteiger charge is -2.40. The van der Waals surface area contributed by atoms with E-state index in [9.17, 15) is 9.18 Å². The maximum Gasteiger partial charge on any atom is 0.232 e. The Morgan fingerprint density at radius 3 is 2.61 bits per heavy atom. The second-order valence-corrected chi connectivity index (χ2v) is 9.57. The number of nitrogens with one attached hydrogen (secondary N) is 1. The maximum absolute atomic E-state index is 14.7. The number of alkyl halides is 1. The molecule has 1 atom stereocenters. The van der Waals surface area contributed by atoms with Crippen molar-refractivity contribution in [2.45, 2.75) is 57.3 Å². The van der Waals surface area contributed by atoms with Crippen LogP contribution >= 0.6 is 11.6 Å². The second-order valence-electron chi connectivity index (χ2n) is 9.19. The number of rotatable bonds is 5. The van der Waals surface area contributed by atoms with E-state index >= 15 is 0 Å². The molecule has 0 aliphatic carbocycles. The summed E-state index contributed by atoms with van der Waals surface area (Å²) in [5, 5.41) is 3.60. The fourth-order valence-corrected chi connectivity index (χ4v) is 4.89. The summed E-state index contributed by atoms with van der Waals surface area (Å²) >= 11 is 6.80. The maximum atomic E-state index is 14.7. The van der Waals surface area contributed by atoms with Gasteiger partial charge in [0, 0.05) is 31.0 Å². The zero-order valence-corrected chi connectivity index (χ0v) is 19.8. The largest absolute Gasteiger partial charge is 0.381 e. The summed E-state index contributed by atoms with van der Waals surface area (Å²) in [7, 11) is 0. The number of pyridine rings is 1. The van der Waals surface area contributed by atoms with Gasteiger partial charge in [-0.05, 0) is 51.8 Å². The van der Waals surface area contributed by atoms with E-state index in [2.05, 4.69) is 10.3 Å². The Morgan fingerprint density at radius 2 is 1.94 bits per heavy atom. The second kappa shape index (κ2) is 8.91. The number of ether oxygens (including phenoxy) is 1. The van der Waals surface area contributed by atoms with Crippen molar-refractivity contribution in [1.82, 2.24) is 9.88 Å². The molecule has 4 rings (SSSR count). The fraction of sp³-hybridized carbons (Fsp3) is 0.458. The molecule has 1 fully saturated rings. The number of hydrogen-bond acceptors (Lipinski definition) is 6. The summed E-state index contributed by atoms with van der Waals surface area (Å²) in [4.78, 5) is 23.7. The van der Waals surface area contributed by atoms with E-state index in [1.807, 2.05) is 19.1 Å². The third kappa shape index (κ3) is 4.68. The molecule has 9 heteroatoms. The molecule has 2 aromatic rings. The Balaban J connectivity index is 1.67. The first-order valence-corrected chi connectivity index (χ1v) is 11.4. The zero-order valence-electron chi connectivity index (χ0n) is 19.1. The lowest BCUT2D eigenvalue weighted by Crippen LogP contribution is -2.55. The Labute approximate surface area is 198 Å². The number of carbonyl (C=O) groups excluding carboxylic acids is 1. The monoisotopic (exact) mass is 473 g/mol. The number of amides is 1. The van der Waals surface area contributed by atoms with Crippen LogP contribution in [0.4, 0.5) is 15.8 Å². The van der Waals surface area contributed by atoms with Gasteiger partial charge in [0.25, 0.3) is 0 Å². The quantitative estimate of drug-likeness (QED) is 0.660. The molecule has 3 heterocycles. The topological polar surface area (TPSA) is 92.8 Å². The summed E-state index contributed by atoms with van der Waals surface area (Å²) in [5.41, 5.74) is 5.77. The predicted molar refractivity (Wildman–Crippen MR) is 127 cm³/mol. The number of nitrogens with two attached hydrogens (primary N) is 1. The van der Waals surface area contributed by atoms with E-state index in [4.69, 9.17) is 27.1 Å². The van der Waals surface area contributed by atoms with Gasteiger partial charge in [-0.2, -0.15) is 0 Å². The number of aromatic nitrogens is 1. The third-order valence-electron chi connectivity index (χ3n) is 6.15. The minimum Gasteiger partial charge on any atom is -0.381 e. The van der Waals surface area contributed by atoms with Gasteiger partial charge >= 0.3 is 0 Å². The number of hydrogen-bond donors (Lipinski definition) is 2. The molecule has 2 aliphatic heterocycles. The smallest absolute Gasteiger partial charge is 0.232 e. The molecular weight excluding hydrogens is 445 g/mol. The SMILES string of the molecule is CC(C)(F)c1ncccc1Nc1cccc([C@]2(C)CC(=O)N(C3CCOCC3)C(N)=N2)c1Cl. The number of halogens is 2. The summed E-state index contributed by atoms with van der Waals surface area (Å²) < 4.78 is 20.1. The van der Waals surface area contributed by atoms with Crippen molar-refractivity contribution in [2.75, 3.05) is 18.5 Å². The van der Waals surface area contributed by atoms with Gasteiger partial charge in [-0.1, -0.05) is 23.7 Å². The van der Waals surface area contributed by atoms with E-state index in [1.165, 1.54) is 13.8 Å². The van der Waals surface area contributed by atoms with Gasteiger partial charge < -0.3 is 15.8 Å². The molecule has 1 aromatic carbocycles. The van der Waals surface area contributed by atoms with Crippen molar-refractivity contribution in [1.29, 1.82) is 0 Å². The highest BCUT2D eigenvalue weighted by Gasteiger charge is 2.41. The molecule has 33 heavy (non-hydrogen) atoms. The van der Waals surface area contributed by atoms with E-state index in [0.29, 0.717) is 35.2 Å². The van der Waals surface area contributed by atoms with Gasteiger partial charge in [-0.25, -0.2) is 9.38 Å². The highest BCUT2D eigenvalue weighted by atomic mass is 35.5. The van der Waals surface area contributed by atoms with Gasteiger partial charge in [0.2, 0.25) is 5.91 Å². The average molecular weight is 474 g/mol. The number of guanidine groups is 1. The van der Waals surface area contributed by atoms with Crippen LogP contribution in [-0.4, -0.2) is 41.0 Å². The molecule has 0 saturated carbocycles. The lowest BCUT2D eigenvalue weighted by atomic mass is 9.86. The van der Waals surface area contributed by atoms with Crippen LogP contribution in [0, 0.1) is 0 Å². The molecule has 0 spiro atoms. The van der Waals surface area contributed by atoms with Crippen molar-refractivity contribution in [3.8, 4) is 0 Å². The van der Waals surface area contributed by atoms with Gasteiger partial charge in [0.05, 0.1) is 28.4 Å². The Bertz CT molecular complexity index is 1080. The molecule has 1 amide bonds. The van der Waals surface area contributed by atoms with Crippen LogP contribution in [0.3, 0.4) is 0 Å². The highest BCUT2D eigenvalue weighted by Crippen LogP contribution is 2.42. The van der Waals surface area contributed by atoms with Gasteiger partial charge in [0.1, 0.15) is 11.4 Å². The molecule has 0 unspecified atom stereocenters. The van der Waals surface area contributed by atoms with E-state index in [1.54, 1.807) is 29.3 Å². The zero-order chi connectivity index (χ0) is 23.8. The summed E-state index contributed by atoms with van der Waals surface area (Å²) in [6, 6.07) is 8.93. The van der Waals surface area contributed by atoms with Crippen molar-refractivity contribution >= 4 is 34.8 Å². The van der Waals surface area contributed by atoms with E-state index < -0.39 is 11.2 Å². The van der Waals surface area contributed by atoms with Crippen molar-refractivity contribution in [2.24, 2.45) is 10.7 Å². The predicted octanol–water partition coefficient (Wildman–Crippen LogP) is 4.62. The van der Waals surface area contributed by atoms with Gasteiger partial charge in [0.15, 0.2) is 5.96 Å². The Kier molecular flexibility index (Phi) is 6.33. The van der Waals surface area contributed by atoms with Crippen LogP contribution in [0.5, 0.6) is 0 Å². The fourth-order valence-electron chi connectivity index (χ4n) is 4.51. The van der Waals surface area contributed by atoms with Crippen molar-refractivity contribution in [3.63, 3.8) is 0 Å². The number of nitrogens with zero attached hydrogens (tertiary/aromatic N) is 3. The molecule has 3 N–H and O–H groups in total. The minimum absolute atomic E-state index is 0.00363. The highest BCUT2D eigenvalue weighted by molar-refractivity contribution is 6.34. The molecule has 2 aliphatic rings. The number of benzene rings is 1. The standard InChI is InChI=1S/C24H29ClFN5O2/c1-23(2,26)21-18(8-5-11-28-21)29-17-7-4-6-16(20(17)25)24(3)14-19(32)31(22(27)30-24)15-9-12-33-13-10-15/h4-8,11,15,29H,9-10,12-14H2,1-3H3,(H2,27,30)/t24-/m0/s1. The van der Waals surface area contributed by atoms with Crippen molar-refractivity contribution in [3.05, 3.63) is 52.8 Å². The molecule has 7 nitrogen and oxygen atoms in total. The first-order chi connectivity index (χ1) is 15.6. The van der Waals surface area contributed by atoms with Crippen LogP contribution < -0.4 is 11.1 Å². The molecule has 1 aromatic heterocycles. The van der Waals surface area contributed by atoms with E-state index in [0.717, 1.165) is 12.8 Å². The minimum atomic E-state index is -1.64. The normalized spacial score (nSPS) is 22.3. The first kappa shape index (κ1) is 23.4. The molecule has 176 valence electrons.